The molecule has 0 bridgehead atoms. The van der Waals surface area contributed by atoms with Crippen LogP contribution in [-0.2, 0) is 9.84 Å². The molecule has 2 aromatic rings. The minimum atomic E-state index is -4.84. The van der Waals surface area contributed by atoms with Crippen molar-refractivity contribution in [2.75, 3.05) is 0 Å². The quantitative estimate of drug-likeness (QED) is 0.674. The molecule has 2 rings (SSSR count). The van der Waals surface area contributed by atoms with Crippen molar-refractivity contribution in [1.29, 1.82) is 0 Å². The summed E-state index contributed by atoms with van der Waals surface area (Å²) in [4.78, 5) is 6.20. The van der Waals surface area contributed by atoms with Crippen LogP contribution in [-0.4, -0.2) is 23.0 Å². The molecular formula is C10H7ClF2N2O2S2. The Morgan fingerprint density at radius 2 is 1.95 bits per heavy atom. The number of hydrogen-bond acceptors (Lipinski definition) is 4. The smallest absolute Gasteiger partial charge is 0.345 e. The summed E-state index contributed by atoms with van der Waals surface area (Å²) >= 11 is 8.40. The highest BCUT2D eigenvalue weighted by molar-refractivity contribution is 8.05. The minimum absolute atomic E-state index is 0.269. The lowest BCUT2D eigenvalue weighted by Gasteiger charge is -2.08. The Morgan fingerprint density at radius 3 is 2.47 bits per heavy atom. The highest BCUT2D eigenvalue weighted by atomic mass is 35.5. The highest BCUT2D eigenvalue weighted by Crippen LogP contribution is 2.32. The Labute approximate surface area is 118 Å². The van der Waals surface area contributed by atoms with Gasteiger partial charge in [-0.3, -0.25) is 0 Å². The number of nitrogens with zero attached hydrogens (tertiary/aromatic N) is 1. The summed E-state index contributed by atoms with van der Waals surface area (Å²) in [7, 11) is -4.84. The van der Waals surface area contributed by atoms with Crippen molar-refractivity contribution in [1.82, 2.24) is 9.97 Å². The van der Waals surface area contributed by atoms with Gasteiger partial charge in [0.2, 0.25) is 0 Å². The Kier molecular flexibility index (Phi) is 3.59. The molecule has 2 aromatic heterocycles. The van der Waals surface area contributed by atoms with Gasteiger partial charge in [-0.15, -0.1) is 0 Å². The first-order valence-corrected chi connectivity index (χ1v) is 7.18. The molecule has 1 N–H and O–H groups in total. The lowest BCUT2D eigenvalue weighted by atomic mass is 10.2. The molecule has 0 fully saturated rings. The van der Waals surface area contributed by atoms with E-state index in [-0.39, 0.29) is 5.15 Å². The largest absolute Gasteiger partial charge is 0.396 e. The van der Waals surface area contributed by atoms with E-state index in [1.165, 1.54) is 18.3 Å². The SMILES string of the molecule is O=S(=O)(c1ccc(-c2ccc(Cl)nc2)[nH]1)C(F)(F)S. The van der Waals surface area contributed by atoms with Gasteiger partial charge >= 0.3 is 4.59 Å². The Morgan fingerprint density at radius 1 is 1.26 bits per heavy atom. The van der Waals surface area contributed by atoms with Crippen molar-refractivity contribution >= 4 is 34.1 Å². The van der Waals surface area contributed by atoms with Crippen molar-refractivity contribution < 1.29 is 17.2 Å². The zero-order chi connectivity index (χ0) is 14.3. The van der Waals surface area contributed by atoms with Crippen LogP contribution in [0.25, 0.3) is 11.3 Å². The van der Waals surface area contributed by atoms with Gasteiger partial charge in [0.05, 0.1) is 0 Å². The van der Waals surface area contributed by atoms with Crippen LogP contribution in [0.4, 0.5) is 8.78 Å². The molecule has 0 aliphatic carbocycles. The Balaban J connectivity index is 2.43. The molecule has 19 heavy (non-hydrogen) atoms. The predicted octanol–water partition coefficient (Wildman–Crippen LogP) is 2.98. The Bertz CT molecular complexity index is 693. The second-order valence-electron chi connectivity index (χ2n) is 3.60. The van der Waals surface area contributed by atoms with E-state index < -0.39 is 19.4 Å². The zero-order valence-corrected chi connectivity index (χ0v) is 11.6. The maximum absolute atomic E-state index is 12.9. The third-order valence-corrected chi connectivity index (χ3v) is 4.72. The summed E-state index contributed by atoms with van der Waals surface area (Å²) < 4.78 is 44.5. The number of aromatic nitrogens is 2. The van der Waals surface area contributed by atoms with E-state index in [2.05, 4.69) is 22.6 Å². The molecule has 0 atom stereocenters. The average Bonchev–Trinajstić information content (AvgIpc) is 2.78. The van der Waals surface area contributed by atoms with Crippen molar-refractivity contribution in [2.24, 2.45) is 0 Å². The van der Waals surface area contributed by atoms with Gasteiger partial charge in [0.25, 0.3) is 9.84 Å². The molecule has 0 radical (unpaired) electrons. The number of hydrogen-bond donors (Lipinski definition) is 2. The van der Waals surface area contributed by atoms with E-state index in [0.29, 0.717) is 11.3 Å². The monoisotopic (exact) mass is 324 g/mol. The molecule has 102 valence electrons. The van der Waals surface area contributed by atoms with Crippen LogP contribution in [0.15, 0.2) is 35.5 Å². The first kappa shape index (κ1) is 14.3. The van der Waals surface area contributed by atoms with Crippen molar-refractivity contribution in [3.8, 4) is 11.3 Å². The van der Waals surface area contributed by atoms with Gasteiger partial charge in [-0.25, -0.2) is 13.4 Å². The van der Waals surface area contributed by atoms with Gasteiger partial charge in [-0.05, 0) is 24.3 Å². The first-order valence-electron chi connectivity index (χ1n) is 4.87. The predicted molar refractivity (Wildman–Crippen MR) is 70.2 cm³/mol. The van der Waals surface area contributed by atoms with Gasteiger partial charge in [0.15, 0.2) is 0 Å². The number of pyridine rings is 1. The minimum Gasteiger partial charge on any atom is -0.345 e. The number of rotatable bonds is 3. The van der Waals surface area contributed by atoms with E-state index >= 15 is 0 Å². The van der Waals surface area contributed by atoms with E-state index in [1.807, 2.05) is 0 Å². The third-order valence-electron chi connectivity index (χ3n) is 2.31. The normalized spacial score (nSPS) is 12.6. The summed E-state index contributed by atoms with van der Waals surface area (Å²) in [6, 6.07) is 5.48. The van der Waals surface area contributed by atoms with Gasteiger partial charge in [-0.1, -0.05) is 24.2 Å². The second kappa shape index (κ2) is 4.77. The molecule has 9 heteroatoms. The number of nitrogens with one attached hydrogen (secondary N) is 1. The summed E-state index contributed by atoms with van der Waals surface area (Å²) in [5, 5.41) is -0.345. The Hall–Kier alpha value is -1.12. The van der Waals surface area contributed by atoms with Crippen LogP contribution in [0, 0.1) is 0 Å². The summed E-state index contributed by atoms with van der Waals surface area (Å²) in [5.74, 6) is 0. The molecule has 2 heterocycles. The van der Waals surface area contributed by atoms with Crippen LogP contribution in [0.1, 0.15) is 0 Å². The fourth-order valence-corrected chi connectivity index (χ4v) is 2.53. The molecule has 0 spiro atoms. The molecule has 0 aromatic carbocycles. The van der Waals surface area contributed by atoms with Gasteiger partial charge < -0.3 is 4.98 Å². The van der Waals surface area contributed by atoms with Crippen LogP contribution < -0.4 is 0 Å². The molecule has 0 aliphatic rings. The standard InChI is InChI=1S/C10H7ClF2N2O2S2/c11-8-3-1-6(5-14-8)7-2-4-9(15-7)19(16,17)10(12,13)18/h1-5,15,18H. The highest BCUT2D eigenvalue weighted by Gasteiger charge is 2.43. The molecular weight excluding hydrogens is 318 g/mol. The molecule has 0 amide bonds. The lowest BCUT2D eigenvalue weighted by Crippen LogP contribution is -2.22. The van der Waals surface area contributed by atoms with Crippen LogP contribution >= 0.6 is 24.2 Å². The molecule has 4 nitrogen and oxygen atoms in total. The van der Waals surface area contributed by atoms with E-state index in [9.17, 15) is 17.2 Å². The molecule has 0 unspecified atom stereocenters. The first-order chi connectivity index (χ1) is 8.72. The fourth-order valence-electron chi connectivity index (χ4n) is 1.37. The maximum Gasteiger partial charge on any atom is 0.396 e. The number of thiol groups is 1. The van der Waals surface area contributed by atoms with Crippen LogP contribution in [0.5, 0.6) is 0 Å². The van der Waals surface area contributed by atoms with E-state index in [1.54, 1.807) is 6.07 Å². The number of halogens is 3. The van der Waals surface area contributed by atoms with Gasteiger partial charge in [-0.2, -0.15) is 8.78 Å². The van der Waals surface area contributed by atoms with E-state index in [0.717, 1.165) is 6.07 Å². The number of aromatic amines is 1. The van der Waals surface area contributed by atoms with Crippen molar-refractivity contribution in [3.05, 3.63) is 35.6 Å². The van der Waals surface area contributed by atoms with Crippen LogP contribution in [0.2, 0.25) is 5.15 Å². The van der Waals surface area contributed by atoms with Gasteiger partial charge in [0.1, 0.15) is 10.2 Å². The number of alkyl halides is 2. The lowest BCUT2D eigenvalue weighted by molar-refractivity contribution is 0.198. The summed E-state index contributed by atoms with van der Waals surface area (Å²) in [6.45, 7) is 0. The molecule has 0 aliphatic heterocycles. The second-order valence-corrected chi connectivity index (χ2v) is 6.81. The molecule has 0 saturated carbocycles. The van der Waals surface area contributed by atoms with E-state index in [4.69, 9.17) is 11.6 Å². The summed E-state index contributed by atoms with van der Waals surface area (Å²) in [5.41, 5.74) is 0.855. The number of H-pyrrole nitrogens is 1. The third kappa shape index (κ3) is 2.75. The van der Waals surface area contributed by atoms with Crippen LogP contribution in [0.3, 0.4) is 0 Å². The van der Waals surface area contributed by atoms with Crippen molar-refractivity contribution in [2.45, 2.75) is 9.61 Å². The zero-order valence-electron chi connectivity index (χ0n) is 9.14. The average molecular weight is 325 g/mol. The maximum atomic E-state index is 12.9. The van der Waals surface area contributed by atoms with Crippen molar-refractivity contribution in [3.63, 3.8) is 0 Å². The fraction of sp³-hybridized carbons (Fsp3) is 0.100. The molecule has 0 saturated heterocycles. The topological polar surface area (TPSA) is 62.8 Å². The summed E-state index contributed by atoms with van der Waals surface area (Å²) in [6.07, 6.45) is 1.39. The number of sulfone groups is 1. The van der Waals surface area contributed by atoms with Gasteiger partial charge in [0, 0.05) is 17.5 Å².